The summed E-state index contributed by atoms with van der Waals surface area (Å²) in [6, 6.07) is 16.4. The lowest BCUT2D eigenvalue weighted by Crippen LogP contribution is -2.23. The minimum atomic E-state index is -0.532. The molecule has 0 spiro atoms. The van der Waals surface area contributed by atoms with Gasteiger partial charge in [0.1, 0.15) is 11.5 Å². The number of nitrogens with one attached hydrogen (secondary N) is 1. The predicted molar refractivity (Wildman–Crippen MR) is 118 cm³/mol. The number of carbonyl (C=O) groups excluding carboxylic acids is 1. The van der Waals surface area contributed by atoms with Crippen molar-refractivity contribution in [3.05, 3.63) is 94.1 Å². The summed E-state index contributed by atoms with van der Waals surface area (Å²) in [5, 5.41) is 18.6. The summed E-state index contributed by atoms with van der Waals surface area (Å²) in [6.07, 6.45) is 1.52. The average molecular weight is 448 g/mol. The molecule has 10 nitrogen and oxygen atoms in total. The number of rotatable bonds is 8. The number of benzene rings is 2. The number of carbonyl (C=O) groups is 1. The van der Waals surface area contributed by atoms with Crippen LogP contribution in [0.1, 0.15) is 21.8 Å². The van der Waals surface area contributed by atoms with Crippen LogP contribution in [0.15, 0.2) is 71.3 Å². The Morgan fingerprint density at radius 1 is 1.15 bits per heavy atom. The van der Waals surface area contributed by atoms with Gasteiger partial charge in [-0.15, -0.1) is 0 Å². The molecule has 10 heteroatoms. The van der Waals surface area contributed by atoms with Crippen molar-refractivity contribution < 1.29 is 23.6 Å². The van der Waals surface area contributed by atoms with Crippen LogP contribution in [0.4, 0.5) is 5.69 Å². The molecule has 2 heterocycles. The Morgan fingerprint density at radius 2 is 1.91 bits per heavy atom. The largest absolute Gasteiger partial charge is 0.497 e. The van der Waals surface area contributed by atoms with Gasteiger partial charge in [-0.1, -0.05) is 12.1 Å². The molecule has 0 saturated heterocycles. The first-order valence-electron chi connectivity index (χ1n) is 9.94. The molecular weight excluding hydrogens is 428 g/mol. The third-order valence-corrected chi connectivity index (χ3v) is 4.87. The Morgan fingerprint density at radius 3 is 2.58 bits per heavy atom. The van der Waals surface area contributed by atoms with Gasteiger partial charge in [-0.2, -0.15) is 9.78 Å². The molecule has 0 unspecified atom stereocenters. The normalized spacial score (nSPS) is 10.6. The van der Waals surface area contributed by atoms with Crippen LogP contribution < -0.4 is 14.8 Å². The highest BCUT2D eigenvalue weighted by Crippen LogP contribution is 2.35. The number of amides is 1. The topological polar surface area (TPSA) is 122 Å². The van der Waals surface area contributed by atoms with Crippen molar-refractivity contribution in [2.75, 3.05) is 7.11 Å². The molecule has 0 aliphatic rings. The van der Waals surface area contributed by atoms with Gasteiger partial charge in [0.2, 0.25) is 11.6 Å². The van der Waals surface area contributed by atoms with Crippen LogP contribution in [0, 0.1) is 17.0 Å². The van der Waals surface area contributed by atoms with E-state index in [9.17, 15) is 14.9 Å². The Labute approximate surface area is 188 Å². The van der Waals surface area contributed by atoms with Gasteiger partial charge in [0.15, 0.2) is 5.69 Å². The van der Waals surface area contributed by atoms with E-state index in [1.165, 1.54) is 23.1 Å². The van der Waals surface area contributed by atoms with E-state index in [1.807, 2.05) is 0 Å². The van der Waals surface area contributed by atoms with Crippen LogP contribution in [0.2, 0.25) is 0 Å². The van der Waals surface area contributed by atoms with Crippen molar-refractivity contribution in [2.24, 2.45) is 0 Å². The quantitative estimate of drug-likeness (QED) is 0.313. The molecule has 4 rings (SSSR count). The molecule has 0 aliphatic heterocycles. The number of aromatic nitrogens is 2. The first-order valence-corrected chi connectivity index (χ1v) is 9.94. The Balaban J connectivity index is 1.74. The second-order valence-corrected chi connectivity index (χ2v) is 6.98. The smallest absolute Gasteiger partial charge is 0.311 e. The Hall–Kier alpha value is -4.60. The van der Waals surface area contributed by atoms with Crippen LogP contribution in [-0.4, -0.2) is 27.7 Å². The van der Waals surface area contributed by atoms with Crippen molar-refractivity contribution >= 4 is 11.6 Å². The van der Waals surface area contributed by atoms with E-state index >= 15 is 0 Å². The molecule has 2 aromatic carbocycles. The summed E-state index contributed by atoms with van der Waals surface area (Å²) in [4.78, 5) is 23.8. The van der Waals surface area contributed by atoms with Gasteiger partial charge >= 0.3 is 5.69 Å². The van der Waals surface area contributed by atoms with Gasteiger partial charge in [-0.25, -0.2) is 0 Å². The van der Waals surface area contributed by atoms with Gasteiger partial charge in [0, 0.05) is 11.6 Å². The molecule has 0 saturated carbocycles. The standard InChI is InChI=1S/C23H20N4O6/c1-15-21(22(28)24-14-18-6-5-13-32-18)25-26(16-9-11-17(31-2)12-10-16)23(15)33-20-8-4-3-7-19(20)27(29)30/h3-13H,14H2,1-2H3,(H,24,28). The molecule has 33 heavy (non-hydrogen) atoms. The second-order valence-electron chi connectivity index (χ2n) is 6.98. The Bertz CT molecular complexity index is 1280. The first-order chi connectivity index (χ1) is 16.0. The summed E-state index contributed by atoms with van der Waals surface area (Å²) in [6.45, 7) is 1.85. The van der Waals surface area contributed by atoms with Gasteiger partial charge in [0.05, 0.1) is 30.5 Å². The molecule has 2 aromatic heterocycles. The fourth-order valence-corrected chi connectivity index (χ4v) is 3.18. The van der Waals surface area contributed by atoms with Crippen molar-refractivity contribution in [3.8, 4) is 23.1 Å². The third-order valence-electron chi connectivity index (χ3n) is 4.87. The molecule has 0 radical (unpaired) electrons. The van der Waals surface area contributed by atoms with E-state index in [-0.39, 0.29) is 29.6 Å². The van der Waals surface area contributed by atoms with Crippen LogP contribution in [0.3, 0.4) is 0 Å². The van der Waals surface area contributed by atoms with Crippen LogP contribution >= 0.6 is 0 Å². The van der Waals surface area contributed by atoms with Gasteiger partial charge in [-0.05, 0) is 49.4 Å². The van der Waals surface area contributed by atoms with E-state index in [0.717, 1.165) is 0 Å². The van der Waals surface area contributed by atoms with Crippen molar-refractivity contribution in [3.63, 3.8) is 0 Å². The summed E-state index contributed by atoms with van der Waals surface area (Å²) in [7, 11) is 1.55. The van der Waals surface area contributed by atoms with E-state index in [2.05, 4.69) is 10.4 Å². The first kappa shape index (κ1) is 21.6. The number of nitro groups is 1. The maximum atomic E-state index is 12.9. The highest BCUT2D eigenvalue weighted by Gasteiger charge is 2.25. The van der Waals surface area contributed by atoms with Gasteiger partial charge in [0.25, 0.3) is 5.91 Å². The second kappa shape index (κ2) is 9.27. The zero-order valence-corrected chi connectivity index (χ0v) is 17.8. The van der Waals surface area contributed by atoms with Crippen LogP contribution in [0.25, 0.3) is 5.69 Å². The summed E-state index contributed by atoms with van der Waals surface area (Å²) < 4.78 is 17.8. The van der Waals surface area contributed by atoms with E-state index in [1.54, 1.807) is 62.6 Å². The van der Waals surface area contributed by atoms with E-state index in [0.29, 0.717) is 22.8 Å². The summed E-state index contributed by atoms with van der Waals surface area (Å²) >= 11 is 0. The fourth-order valence-electron chi connectivity index (χ4n) is 3.18. The summed E-state index contributed by atoms with van der Waals surface area (Å²) in [5.74, 6) is 0.996. The zero-order valence-electron chi connectivity index (χ0n) is 17.8. The number of hydrogen-bond donors (Lipinski definition) is 1. The molecule has 1 amide bonds. The number of hydrogen-bond acceptors (Lipinski definition) is 7. The van der Waals surface area contributed by atoms with Crippen molar-refractivity contribution in [1.82, 2.24) is 15.1 Å². The number of para-hydroxylation sites is 2. The van der Waals surface area contributed by atoms with Crippen molar-refractivity contribution in [2.45, 2.75) is 13.5 Å². The lowest BCUT2D eigenvalue weighted by molar-refractivity contribution is -0.385. The molecule has 0 atom stereocenters. The Kier molecular flexibility index (Phi) is 6.07. The number of ether oxygens (including phenoxy) is 2. The third kappa shape index (κ3) is 4.54. The molecule has 0 fully saturated rings. The SMILES string of the molecule is COc1ccc(-n2nc(C(=O)NCc3ccco3)c(C)c2Oc2ccccc2[N+](=O)[O-])cc1. The maximum absolute atomic E-state index is 12.9. The lowest BCUT2D eigenvalue weighted by atomic mass is 10.2. The minimum Gasteiger partial charge on any atom is -0.497 e. The fraction of sp³-hybridized carbons (Fsp3) is 0.130. The zero-order chi connectivity index (χ0) is 23.4. The summed E-state index contributed by atoms with van der Waals surface area (Å²) in [5.41, 5.74) is 0.910. The van der Waals surface area contributed by atoms with Gasteiger partial charge in [-0.3, -0.25) is 14.9 Å². The van der Waals surface area contributed by atoms with E-state index < -0.39 is 10.8 Å². The van der Waals surface area contributed by atoms with Crippen LogP contribution in [0.5, 0.6) is 17.4 Å². The minimum absolute atomic E-state index is 0.0304. The number of nitro benzene ring substituents is 1. The highest BCUT2D eigenvalue weighted by molar-refractivity contribution is 5.94. The van der Waals surface area contributed by atoms with Gasteiger partial charge < -0.3 is 19.2 Å². The lowest BCUT2D eigenvalue weighted by Gasteiger charge is -2.10. The average Bonchev–Trinajstić information content (AvgIpc) is 3.46. The maximum Gasteiger partial charge on any atom is 0.311 e. The monoisotopic (exact) mass is 448 g/mol. The molecular formula is C23H20N4O6. The molecule has 168 valence electrons. The molecule has 4 aromatic rings. The predicted octanol–water partition coefficient (Wildman–Crippen LogP) is 4.41. The number of nitrogens with zero attached hydrogens (tertiary/aromatic N) is 3. The highest BCUT2D eigenvalue weighted by atomic mass is 16.6. The van der Waals surface area contributed by atoms with E-state index in [4.69, 9.17) is 13.9 Å². The molecule has 1 N–H and O–H groups in total. The van der Waals surface area contributed by atoms with Crippen molar-refractivity contribution in [1.29, 1.82) is 0 Å². The number of methoxy groups -OCH3 is 1. The number of furan rings is 1. The molecule has 0 aliphatic carbocycles. The molecule has 0 bridgehead atoms. The van der Waals surface area contributed by atoms with Crippen LogP contribution in [-0.2, 0) is 6.54 Å².